The van der Waals surface area contributed by atoms with Crippen molar-refractivity contribution in [3.05, 3.63) is 24.3 Å². The van der Waals surface area contributed by atoms with Crippen molar-refractivity contribution in [1.29, 1.82) is 0 Å². The van der Waals surface area contributed by atoms with Gasteiger partial charge in [-0.1, -0.05) is 231 Å². The van der Waals surface area contributed by atoms with E-state index in [-0.39, 0.29) is 18.5 Å². The van der Waals surface area contributed by atoms with E-state index in [1.165, 1.54) is 173 Å². The highest BCUT2D eigenvalue weighted by Gasteiger charge is 2.20. The van der Waals surface area contributed by atoms with E-state index in [1.54, 1.807) is 0 Å². The highest BCUT2D eigenvalue weighted by atomic mass is 16.5. The number of carbonyl (C=O) groups is 2. The number of ether oxygens (including phenoxy) is 1. The van der Waals surface area contributed by atoms with Crippen LogP contribution in [0.2, 0.25) is 0 Å². The maximum atomic E-state index is 12.4. The van der Waals surface area contributed by atoms with Gasteiger partial charge in [-0.3, -0.25) is 9.59 Å². The predicted octanol–water partition coefficient (Wildman–Crippen LogP) is 15.5. The summed E-state index contributed by atoms with van der Waals surface area (Å²) in [6.45, 7) is 4.89. The number of amides is 1. The molecular formula is C53H101NO5. The maximum Gasteiger partial charge on any atom is 0.305 e. The maximum absolute atomic E-state index is 12.4. The number of aliphatic hydroxyl groups excluding tert-OH is 2. The normalized spacial score (nSPS) is 12.8. The second kappa shape index (κ2) is 49.0. The second-order valence-electron chi connectivity index (χ2n) is 17.9. The van der Waals surface area contributed by atoms with Crippen molar-refractivity contribution in [2.24, 2.45) is 0 Å². The smallest absolute Gasteiger partial charge is 0.305 e. The molecule has 348 valence electrons. The van der Waals surface area contributed by atoms with Gasteiger partial charge in [0.1, 0.15) is 0 Å². The molecule has 0 bridgehead atoms. The first-order valence-corrected chi connectivity index (χ1v) is 26.1. The zero-order chi connectivity index (χ0) is 43.0. The summed E-state index contributed by atoms with van der Waals surface area (Å²) in [5, 5.41) is 23.2. The van der Waals surface area contributed by atoms with E-state index in [1.807, 2.05) is 0 Å². The van der Waals surface area contributed by atoms with Crippen LogP contribution in [0.1, 0.15) is 277 Å². The van der Waals surface area contributed by atoms with Gasteiger partial charge in [0.05, 0.1) is 25.4 Å². The molecule has 1 amide bonds. The largest absolute Gasteiger partial charge is 0.466 e. The third-order valence-electron chi connectivity index (χ3n) is 12.0. The summed E-state index contributed by atoms with van der Waals surface area (Å²) < 4.78 is 5.45. The Kier molecular flexibility index (Phi) is 47.6. The Hall–Kier alpha value is -1.66. The Labute approximate surface area is 367 Å². The van der Waals surface area contributed by atoms with Gasteiger partial charge in [-0.05, 0) is 57.8 Å². The summed E-state index contributed by atoms with van der Waals surface area (Å²) in [7, 11) is 0. The first kappa shape index (κ1) is 57.3. The molecule has 0 heterocycles. The Bertz CT molecular complexity index is 920. The number of carbonyl (C=O) groups excluding carboxylic acids is 2. The summed E-state index contributed by atoms with van der Waals surface area (Å²) in [6, 6.07) is -0.556. The number of hydrogen-bond acceptors (Lipinski definition) is 5. The van der Waals surface area contributed by atoms with Crippen molar-refractivity contribution >= 4 is 11.9 Å². The molecule has 0 aromatic rings. The Morgan fingerprint density at radius 2 is 0.847 bits per heavy atom. The lowest BCUT2D eigenvalue weighted by Crippen LogP contribution is -2.45. The zero-order valence-corrected chi connectivity index (χ0v) is 39.5. The van der Waals surface area contributed by atoms with Gasteiger partial charge in [-0.2, -0.15) is 0 Å². The van der Waals surface area contributed by atoms with E-state index in [2.05, 4.69) is 43.5 Å². The van der Waals surface area contributed by atoms with Crippen LogP contribution in [0.25, 0.3) is 0 Å². The molecule has 6 nitrogen and oxygen atoms in total. The molecule has 2 unspecified atom stereocenters. The predicted molar refractivity (Wildman–Crippen MR) is 255 cm³/mol. The monoisotopic (exact) mass is 832 g/mol. The van der Waals surface area contributed by atoms with Crippen molar-refractivity contribution in [3.63, 3.8) is 0 Å². The van der Waals surface area contributed by atoms with Crippen LogP contribution in [0.4, 0.5) is 0 Å². The van der Waals surface area contributed by atoms with Crippen LogP contribution in [0.15, 0.2) is 24.3 Å². The first-order chi connectivity index (χ1) is 29.0. The lowest BCUT2D eigenvalue weighted by atomic mass is 10.0. The number of aliphatic hydroxyl groups is 2. The minimum Gasteiger partial charge on any atom is -0.466 e. The molecule has 6 heteroatoms. The fourth-order valence-electron chi connectivity index (χ4n) is 7.96. The average molecular weight is 832 g/mol. The molecule has 0 aliphatic carbocycles. The Morgan fingerprint density at radius 1 is 0.475 bits per heavy atom. The highest BCUT2D eigenvalue weighted by Crippen LogP contribution is 2.16. The average Bonchev–Trinajstić information content (AvgIpc) is 3.24. The van der Waals surface area contributed by atoms with Crippen LogP contribution in [-0.2, 0) is 14.3 Å². The fourth-order valence-corrected chi connectivity index (χ4v) is 7.96. The summed E-state index contributed by atoms with van der Waals surface area (Å²) in [4.78, 5) is 24.5. The van der Waals surface area contributed by atoms with Crippen molar-refractivity contribution in [2.75, 3.05) is 13.2 Å². The standard InChI is InChI=1S/C53H101NO5/c1-3-5-7-9-11-13-15-17-19-21-23-27-31-35-39-43-47-53(58)59-48-44-40-36-32-28-24-26-30-34-38-42-46-52(57)54-50(49-55)51(56)45-41-37-33-29-25-22-20-18-16-14-12-10-8-6-4-2/h13,15,19,21,50-51,55-56H,3-12,14,16-18,20,22-49H2,1-2H3,(H,54,57)/b15-13-,21-19-. The molecule has 0 radical (unpaired) electrons. The Morgan fingerprint density at radius 3 is 1.31 bits per heavy atom. The molecule has 0 saturated heterocycles. The van der Waals surface area contributed by atoms with E-state index < -0.39 is 12.1 Å². The second-order valence-corrected chi connectivity index (χ2v) is 17.9. The third kappa shape index (κ3) is 45.7. The van der Waals surface area contributed by atoms with E-state index in [0.29, 0.717) is 25.9 Å². The molecule has 0 aromatic carbocycles. The van der Waals surface area contributed by atoms with Crippen LogP contribution in [0.3, 0.4) is 0 Å². The molecule has 0 spiro atoms. The number of hydrogen-bond donors (Lipinski definition) is 3. The van der Waals surface area contributed by atoms with Crippen LogP contribution < -0.4 is 5.32 Å². The van der Waals surface area contributed by atoms with Crippen molar-refractivity contribution in [2.45, 2.75) is 289 Å². The minimum absolute atomic E-state index is 0.0270. The zero-order valence-electron chi connectivity index (χ0n) is 39.5. The van der Waals surface area contributed by atoms with Crippen molar-refractivity contribution in [3.8, 4) is 0 Å². The summed E-state index contributed by atoms with van der Waals surface area (Å²) in [5.74, 6) is -0.0811. The Balaban J connectivity index is 3.48. The molecule has 0 fully saturated rings. The molecule has 0 rings (SSSR count). The summed E-state index contributed by atoms with van der Waals surface area (Å²) in [5.41, 5.74) is 0. The van der Waals surface area contributed by atoms with Gasteiger partial charge >= 0.3 is 5.97 Å². The van der Waals surface area contributed by atoms with E-state index >= 15 is 0 Å². The lowest BCUT2D eigenvalue weighted by molar-refractivity contribution is -0.143. The highest BCUT2D eigenvalue weighted by molar-refractivity contribution is 5.76. The topological polar surface area (TPSA) is 95.9 Å². The van der Waals surface area contributed by atoms with Gasteiger partial charge in [0.2, 0.25) is 5.91 Å². The van der Waals surface area contributed by atoms with Crippen molar-refractivity contribution < 1.29 is 24.5 Å². The van der Waals surface area contributed by atoms with Crippen molar-refractivity contribution in [1.82, 2.24) is 5.32 Å². The van der Waals surface area contributed by atoms with Gasteiger partial charge < -0.3 is 20.3 Å². The van der Waals surface area contributed by atoms with Gasteiger partial charge in [0.15, 0.2) is 0 Å². The van der Waals surface area contributed by atoms with Crippen LogP contribution in [0, 0.1) is 0 Å². The fraction of sp³-hybridized carbons (Fsp3) is 0.887. The van der Waals surface area contributed by atoms with E-state index in [0.717, 1.165) is 70.6 Å². The molecule has 3 N–H and O–H groups in total. The first-order valence-electron chi connectivity index (χ1n) is 26.1. The molecular weight excluding hydrogens is 731 g/mol. The SMILES string of the molecule is CCCCCC/C=C\C/C=C\CCCCCCCC(=O)OCCCCCCCCCCCCCC(=O)NC(CO)C(O)CCCCCCCCCCCCCCCCC. The van der Waals surface area contributed by atoms with Crippen LogP contribution in [0.5, 0.6) is 0 Å². The molecule has 0 aliphatic heterocycles. The summed E-state index contributed by atoms with van der Waals surface area (Å²) >= 11 is 0. The molecule has 0 saturated carbocycles. The molecule has 0 aromatic heterocycles. The third-order valence-corrected chi connectivity index (χ3v) is 12.0. The van der Waals surface area contributed by atoms with Gasteiger partial charge in [0.25, 0.3) is 0 Å². The van der Waals surface area contributed by atoms with Crippen LogP contribution >= 0.6 is 0 Å². The number of nitrogens with one attached hydrogen (secondary N) is 1. The van der Waals surface area contributed by atoms with Crippen LogP contribution in [-0.4, -0.2) is 47.4 Å². The summed E-state index contributed by atoms with van der Waals surface area (Å²) in [6.07, 6.45) is 57.1. The molecule has 2 atom stereocenters. The quantitative estimate of drug-likeness (QED) is 0.0322. The minimum atomic E-state index is -0.677. The lowest BCUT2D eigenvalue weighted by Gasteiger charge is -2.22. The van der Waals surface area contributed by atoms with E-state index in [9.17, 15) is 19.8 Å². The molecule has 59 heavy (non-hydrogen) atoms. The number of allylic oxidation sites excluding steroid dienone is 4. The number of esters is 1. The van der Waals surface area contributed by atoms with Gasteiger partial charge in [-0.25, -0.2) is 0 Å². The number of unbranched alkanes of at least 4 members (excludes halogenated alkanes) is 33. The van der Waals surface area contributed by atoms with Gasteiger partial charge in [0, 0.05) is 12.8 Å². The molecule has 0 aliphatic rings. The van der Waals surface area contributed by atoms with E-state index in [4.69, 9.17) is 4.74 Å². The van der Waals surface area contributed by atoms with Gasteiger partial charge in [-0.15, -0.1) is 0 Å². The number of rotatable bonds is 48.